The lowest BCUT2D eigenvalue weighted by atomic mass is 10.3. The highest BCUT2D eigenvalue weighted by atomic mass is 32.2. The number of aryl methyl sites for hydroxylation is 3. The van der Waals surface area contributed by atoms with Gasteiger partial charge in [-0.05, 0) is 52.0 Å². The second-order valence-electron chi connectivity index (χ2n) is 6.21. The molecule has 0 atom stereocenters. The molecule has 0 aliphatic carbocycles. The average molecular weight is 402 g/mol. The molecule has 10 heteroatoms. The largest absolute Gasteiger partial charge is 0.360 e. The summed E-state index contributed by atoms with van der Waals surface area (Å²) in [6.45, 7) is 7.74. The molecule has 28 heavy (non-hydrogen) atoms. The second kappa shape index (κ2) is 7.85. The summed E-state index contributed by atoms with van der Waals surface area (Å²) in [6.07, 6.45) is 0. The Bertz CT molecular complexity index is 1060. The van der Waals surface area contributed by atoms with E-state index >= 15 is 0 Å². The van der Waals surface area contributed by atoms with Crippen molar-refractivity contribution in [3.8, 4) is 0 Å². The van der Waals surface area contributed by atoms with Crippen LogP contribution < -0.4 is 15.4 Å². The molecule has 0 aliphatic heterocycles. The molecule has 2 aromatic heterocycles. The van der Waals surface area contributed by atoms with E-state index in [4.69, 9.17) is 4.52 Å². The van der Waals surface area contributed by atoms with E-state index in [2.05, 4.69) is 30.5 Å². The molecule has 0 spiro atoms. The van der Waals surface area contributed by atoms with E-state index in [1.165, 1.54) is 0 Å². The summed E-state index contributed by atoms with van der Waals surface area (Å²) in [7, 11) is -3.78. The molecule has 0 bridgehead atoms. The fourth-order valence-corrected chi connectivity index (χ4v) is 4.09. The number of hydrogen-bond donors (Lipinski definition) is 3. The maximum absolute atomic E-state index is 12.6. The van der Waals surface area contributed by atoms with Gasteiger partial charge in [0.1, 0.15) is 11.5 Å². The van der Waals surface area contributed by atoms with E-state index in [1.54, 1.807) is 38.1 Å². The zero-order chi connectivity index (χ0) is 20.3. The summed E-state index contributed by atoms with van der Waals surface area (Å²) in [5.74, 6) is 1.44. The summed E-state index contributed by atoms with van der Waals surface area (Å²) in [6, 6.07) is 8.68. The number of aromatic nitrogens is 3. The Kier molecular flexibility index (Phi) is 5.50. The quantitative estimate of drug-likeness (QED) is 0.550. The lowest BCUT2D eigenvalue weighted by Crippen LogP contribution is -2.14. The maximum Gasteiger partial charge on any atom is 0.267 e. The van der Waals surface area contributed by atoms with Gasteiger partial charge in [-0.2, -0.15) is 4.98 Å². The van der Waals surface area contributed by atoms with E-state index in [0.29, 0.717) is 23.1 Å². The number of sulfonamides is 1. The summed E-state index contributed by atoms with van der Waals surface area (Å²) >= 11 is 0. The number of anilines is 4. The zero-order valence-corrected chi connectivity index (χ0v) is 16.9. The third kappa shape index (κ3) is 4.39. The third-order valence-electron chi connectivity index (χ3n) is 3.84. The molecule has 1 aromatic carbocycles. The van der Waals surface area contributed by atoms with Crippen LogP contribution in [0.25, 0.3) is 0 Å². The van der Waals surface area contributed by atoms with E-state index in [9.17, 15) is 8.42 Å². The van der Waals surface area contributed by atoms with Crippen LogP contribution in [-0.2, 0) is 10.0 Å². The van der Waals surface area contributed by atoms with Crippen molar-refractivity contribution in [2.24, 2.45) is 0 Å². The molecular weight excluding hydrogens is 380 g/mol. The van der Waals surface area contributed by atoms with Gasteiger partial charge in [0.2, 0.25) is 5.95 Å². The first kappa shape index (κ1) is 19.6. The van der Waals surface area contributed by atoms with Crippen LogP contribution >= 0.6 is 0 Å². The van der Waals surface area contributed by atoms with Gasteiger partial charge in [-0.15, -0.1) is 0 Å². The Morgan fingerprint density at radius 2 is 1.71 bits per heavy atom. The van der Waals surface area contributed by atoms with Crippen molar-refractivity contribution in [1.82, 2.24) is 15.1 Å². The van der Waals surface area contributed by atoms with Crippen LogP contribution in [0.15, 0.2) is 39.8 Å². The van der Waals surface area contributed by atoms with Crippen LogP contribution in [0.3, 0.4) is 0 Å². The lowest BCUT2D eigenvalue weighted by molar-refractivity contribution is 0.390. The molecule has 0 radical (unpaired) electrons. The van der Waals surface area contributed by atoms with Crippen molar-refractivity contribution >= 4 is 33.2 Å². The van der Waals surface area contributed by atoms with E-state index < -0.39 is 10.0 Å². The van der Waals surface area contributed by atoms with Crippen molar-refractivity contribution in [3.63, 3.8) is 0 Å². The number of nitrogens with one attached hydrogen (secondary N) is 3. The Labute approximate surface area is 163 Å². The van der Waals surface area contributed by atoms with Crippen LogP contribution in [-0.4, -0.2) is 30.1 Å². The van der Waals surface area contributed by atoms with Crippen molar-refractivity contribution in [2.45, 2.75) is 32.6 Å². The molecule has 3 aromatic rings. The van der Waals surface area contributed by atoms with E-state index in [0.717, 1.165) is 17.9 Å². The van der Waals surface area contributed by atoms with E-state index in [1.807, 2.05) is 19.9 Å². The second-order valence-corrected chi connectivity index (χ2v) is 7.83. The van der Waals surface area contributed by atoms with Crippen LogP contribution in [0.1, 0.15) is 24.1 Å². The predicted molar refractivity (Wildman–Crippen MR) is 107 cm³/mol. The van der Waals surface area contributed by atoms with Gasteiger partial charge < -0.3 is 15.2 Å². The minimum atomic E-state index is -3.78. The summed E-state index contributed by atoms with van der Waals surface area (Å²) in [5.41, 5.74) is 2.34. The van der Waals surface area contributed by atoms with Crippen LogP contribution in [0, 0.1) is 20.8 Å². The minimum Gasteiger partial charge on any atom is -0.360 e. The standard InChI is InChI=1S/C18H22N6O3S/c1-5-19-18-20-11(2)10-16(22-18)21-14-6-8-15(9-7-14)24-28(25,26)17-12(3)23-27-13(17)4/h6-10,24H,5H2,1-4H3,(H2,19,20,21,22). The first-order valence-electron chi connectivity index (χ1n) is 8.71. The van der Waals surface area contributed by atoms with Gasteiger partial charge in [-0.3, -0.25) is 4.72 Å². The van der Waals surface area contributed by atoms with E-state index in [-0.39, 0.29) is 10.7 Å². The fourth-order valence-electron chi connectivity index (χ4n) is 2.70. The normalized spacial score (nSPS) is 11.3. The maximum atomic E-state index is 12.6. The number of benzene rings is 1. The van der Waals surface area contributed by atoms with Crippen LogP contribution in [0.5, 0.6) is 0 Å². The average Bonchev–Trinajstić information content (AvgIpc) is 2.95. The minimum absolute atomic E-state index is 0.0575. The number of rotatable bonds is 7. The molecule has 2 heterocycles. The fraction of sp³-hybridized carbons (Fsp3) is 0.278. The topological polar surface area (TPSA) is 122 Å². The first-order chi connectivity index (χ1) is 13.3. The molecule has 0 saturated heterocycles. The third-order valence-corrected chi connectivity index (χ3v) is 5.46. The Morgan fingerprint density at radius 1 is 1.04 bits per heavy atom. The lowest BCUT2D eigenvalue weighted by Gasteiger charge is -2.11. The molecule has 9 nitrogen and oxygen atoms in total. The molecule has 0 amide bonds. The molecule has 0 aliphatic rings. The van der Waals surface area contributed by atoms with Crippen LogP contribution in [0.4, 0.5) is 23.1 Å². The molecule has 3 rings (SSSR count). The Morgan fingerprint density at radius 3 is 2.32 bits per heavy atom. The zero-order valence-electron chi connectivity index (χ0n) is 16.1. The monoisotopic (exact) mass is 402 g/mol. The van der Waals surface area contributed by atoms with Crippen molar-refractivity contribution in [1.29, 1.82) is 0 Å². The highest BCUT2D eigenvalue weighted by molar-refractivity contribution is 7.92. The molecule has 148 valence electrons. The summed E-state index contributed by atoms with van der Waals surface area (Å²) < 4.78 is 32.6. The van der Waals surface area contributed by atoms with Gasteiger partial charge in [0.05, 0.1) is 0 Å². The smallest absolute Gasteiger partial charge is 0.267 e. The molecule has 0 unspecified atom stereocenters. The molecular formula is C18H22N6O3S. The predicted octanol–water partition coefficient (Wildman–Crippen LogP) is 3.37. The summed E-state index contributed by atoms with van der Waals surface area (Å²) in [5, 5.41) is 9.96. The van der Waals surface area contributed by atoms with Gasteiger partial charge in [0.25, 0.3) is 10.0 Å². The summed E-state index contributed by atoms with van der Waals surface area (Å²) in [4.78, 5) is 8.76. The highest BCUT2D eigenvalue weighted by Crippen LogP contribution is 2.24. The Balaban J connectivity index is 1.75. The Hall–Kier alpha value is -3.14. The van der Waals surface area contributed by atoms with Gasteiger partial charge in [0, 0.05) is 29.7 Å². The van der Waals surface area contributed by atoms with Crippen molar-refractivity contribution < 1.29 is 12.9 Å². The SMILES string of the molecule is CCNc1nc(C)cc(Nc2ccc(NS(=O)(=O)c3c(C)noc3C)cc2)n1. The molecule has 0 fully saturated rings. The van der Waals surface area contributed by atoms with Gasteiger partial charge in [-0.1, -0.05) is 5.16 Å². The molecule has 3 N–H and O–H groups in total. The first-order valence-corrected chi connectivity index (χ1v) is 10.2. The molecule has 0 saturated carbocycles. The van der Waals surface area contributed by atoms with Crippen molar-refractivity contribution in [2.75, 3.05) is 21.9 Å². The number of hydrogen-bond acceptors (Lipinski definition) is 8. The van der Waals surface area contributed by atoms with Gasteiger partial charge >= 0.3 is 0 Å². The number of nitrogens with zero attached hydrogens (tertiary/aromatic N) is 3. The highest BCUT2D eigenvalue weighted by Gasteiger charge is 2.24. The van der Waals surface area contributed by atoms with Crippen LogP contribution in [0.2, 0.25) is 0 Å². The van der Waals surface area contributed by atoms with Gasteiger partial charge in [0.15, 0.2) is 10.7 Å². The van der Waals surface area contributed by atoms with Crippen molar-refractivity contribution in [3.05, 3.63) is 47.5 Å². The van der Waals surface area contributed by atoms with Gasteiger partial charge in [-0.25, -0.2) is 13.4 Å².